The van der Waals surface area contributed by atoms with Crippen molar-refractivity contribution < 1.29 is 5.11 Å². The summed E-state index contributed by atoms with van der Waals surface area (Å²) >= 11 is 0. The van der Waals surface area contributed by atoms with Crippen LogP contribution in [-0.4, -0.2) is 11.7 Å². The minimum atomic E-state index is 0.349. The fourth-order valence-electron chi connectivity index (χ4n) is 2.14. The van der Waals surface area contributed by atoms with E-state index in [-0.39, 0.29) is 0 Å². The van der Waals surface area contributed by atoms with Crippen LogP contribution in [0.25, 0.3) is 0 Å². The Labute approximate surface area is 75.5 Å². The van der Waals surface area contributed by atoms with Crippen LogP contribution >= 0.6 is 0 Å². The first-order valence-electron chi connectivity index (χ1n) is 4.91. The number of hydrogen-bond donors (Lipinski definition) is 1. The summed E-state index contributed by atoms with van der Waals surface area (Å²) in [5, 5.41) is 8.87. The Morgan fingerprint density at radius 3 is 2.42 bits per heavy atom. The molecule has 0 heterocycles. The summed E-state index contributed by atoms with van der Waals surface area (Å²) in [6.45, 7) is 7.12. The maximum absolute atomic E-state index is 8.87. The summed E-state index contributed by atoms with van der Waals surface area (Å²) in [7, 11) is 0. The lowest BCUT2D eigenvalue weighted by atomic mass is 9.76. The van der Waals surface area contributed by atoms with Crippen molar-refractivity contribution in [3.8, 4) is 0 Å². The lowest BCUT2D eigenvalue weighted by Gasteiger charge is -2.30. The molecule has 0 radical (unpaired) electrons. The molecule has 0 saturated heterocycles. The van der Waals surface area contributed by atoms with Gasteiger partial charge in [0, 0.05) is 6.61 Å². The highest BCUT2D eigenvalue weighted by atomic mass is 16.3. The molecule has 1 aliphatic carbocycles. The molecule has 1 heteroatoms. The molecule has 2 atom stereocenters. The van der Waals surface area contributed by atoms with Gasteiger partial charge in [-0.15, -0.1) is 0 Å². The Balaban J connectivity index is 2.59. The molecule has 0 aromatic carbocycles. The van der Waals surface area contributed by atoms with Crippen molar-refractivity contribution in [3.63, 3.8) is 0 Å². The molecule has 0 amide bonds. The van der Waals surface area contributed by atoms with E-state index in [4.69, 9.17) is 5.11 Å². The van der Waals surface area contributed by atoms with E-state index in [0.717, 1.165) is 18.3 Å². The predicted octanol–water partition coefficient (Wildman–Crippen LogP) is 2.75. The monoisotopic (exact) mass is 168 g/mol. The quantitative estimate of drug-likeness (QED) is 0.629. The van der Waals surface area contributed by atoms with E-state index in [0.29, 0.717) is 6.61 Å². The Hall–Kier alpha value is -0.300. The molecule has 0 aromatic rings. The zero-order chi connectivity index (χ0) is 9.14. The van der Waals surface area contributed by atoms with E-state index in [1.165, 1.54) is 12.8 Å². The molecule has 2 unspecified atom stereocenters. The van der Waals surface area contributed by atoms with Gasteiger partial charge in [0.1, 0.15) is 0 Å². The SMILES string of the molecule is CC1=C(C)CC(CCO)C(C)C1. The molecule has 1 aliphatic rings. The van der Waals surface area contributed by atoms with Gasteiger partial charge in [-0.05, 0) is 44.9 Å². The highest BCUT2D eigenvalue weighted by Crippen LogP contribution is 2.35. The summed E-state index contributed by atoms with van der Waals surface area (Å²) in [6, 6.07) is 0. The van der Waals surface area contributed by atoms with Gasteiger partial charge in [-0.1, -0.05) is 18.1 Å². The van der Waals surface area contributed by atoms with Gasteiger partial charge < -0.3 is 5.11 Å². The highest BCUT2D eigenvalue weighted by molar-refractivity contribution is 5.14. The van der Waals surface area contributed by atoms with Crippen LogP contribution < -0.4 is 0 Å². The first-order chi connectivity index (χ1) is 5.65. The predicted molar refractivity (Wildman–Crippen MR) is 52.0 cm³/mol. The van der Waals surface area contributed by atoms with Crippen molar-refractivity contribution in [3.05, 3.63) is 11.1 Å². The minimum Gasteiger partial charge on any atom is -0.396 e. The van der Waals surface area contributed by atoms with Crippen molar-refractivity contribution in [1.82, 2.24) is 0 Å². The first kappa shape index (κ1) is 9.79. The molecule has 0 fully saturated rings. The van der Waals surface area contributed by atoms with Gasteiger partial charge in [-0.3, -0.25) is 0 Å². The van der Waals surface area contributed by atoms with Crippen LogP contribution in [0.5, 0.6) is 0 Å². The summed E-state index contributed by atoms with van der Waals surface area (Å²) in [5.74, 6) is 1.49. The molecule has 1 rings (SSSR count). The number of allylic oxidation sites excluding steroid dienone is 2. The average molecular weight is 168 g/mol. The average Bonchev–Trinajstić information content (AvgIpc) is 2.01. The van der Waals surface area contributed by atoms with Crippen LogP contribution in [0.3, 0.4) is 0 Å². The van der Waals surface area contributed by atoms with Crippen LogP contribution in [0.2, 0.25) is 0 Å². The van der Waals surface area contributed by atoms with E-state index in [1.807, 2.05) is 0 Å². The highest BCUT2D eigenvalue weighted by Gasteiger charge is 2.22. The molecule has 0 saturated carbocycles. The zero-order valence-corrected chi connectivity index (χ0v) is 8.43. The molecule has 70 valence electrons. The van der Waals surface area contributed by atoms with Crippen molar-refractivity contribution in [2.24, 2.45) is 11.8 Å². The molecule has 0 bridgehead atoms. The smallest absolute Gasteiger partial charge is 0.0433 e. The standard InChI is InChI=1S/C11H20O/c1-8-6-10(3)11(4-5-12)7-9(8)2/h10-12H,4-7H2,1-3H3. The van der Waals surface area contributed by atoms with E-state index >= 15 is 0 Å². The molecule has 0 aromatic heterocycles. The van der Waals surface area contributed by atoms with Crippen LogP contribution in [0.1, 0.15) is 40.0 Å². The van der Waals surface area contributed by atoms with Gasteiger partial charge in [0.15, 0.2) is 0 Å². The van der Waals surface area contributed by atoms with Crippen LogP contribution in [0.15, 0.2) is 11.1 Å². The van der Waals surface area contributed by atoms with E-state index < -0.39 is 0 Å². The van der Waals surface area contributed by atoms with Crippen molar-refractivity contribution in [1.29, 1.82) is 0 Å². The molecule has 1 nitrogen and oxygen atoms in total. The maximum atomic E-state index is 8.87. The van der Waals surface area contributed by atoms with E-state index in [9.17, 15) is 0 Å². The second kappa shape index (κ2) is 4.08. The molecular formula is C11H20O. The number of hydrogen-bond acceptors (Lipinski definition) is 1. The molecular weight excluding hydrogens is 148 g/mol. The van der Waals surface area contributed by atoms with E-state index in [1.54, 1.807) is 11.1 Å². The lowest BCUT2D eigenvalue weighted by Crippen LogP contribution is -2.19. The number of aliphatic hydroxyl groups is 1. The topological polar surface area (TPSA) is 20.2 Å². The van der Waals surface area contributed by atoms with Gasteiger partial charge >= 0.3 is 0 Å². The molecule has 12 heavy (non-hydrogen) atoms. The first-order valence-corrected chi connectivity index (χ1v) is 4.91. The lowest BCUT2D eigenvalue weighted by molar-refractivity contribution is 0.217. The molecule has 0 aliphatic heterocycles. The Kier molecular flexibility index (Phi) is 3.33. The zero-order valence-electron chi connectivity index (χ0n) is 8.43. The van der Waals surface area contributed by atoms with Crippen LogP contribution in [0, 0.1) is 11.8 Å². The fraction of sp³-hybridized carbons (Fsp3) is 0.818. The molecule has 0 spiro atoms. The fourth-order valence-corrected chi connectivity index (χ4v) is 2.14. The van der Waals surface area contributed by atoms with Crippen molar-refractivity contribution in [2.75, 3.05) is 6.61 Å². The summed E-state index contributed by atoms with van der Waals surface area (Å²) in [5.41, 5.74) is 3.11. The minimum absolute atomic E-state index is 0.349. The van der Waals surface area contributed by atoms with E-state index in [2.05, 4.69) is 20.8 Å². The second-order valence-corrected chi connectivity index (χ2v) is 4.22. The Morgan fingerprint density at radius 2 is 1.83 bits per heavy atom. The van der Waals surface area contributed by atoms with Gasteiger partial charge in [-0.2, -0.15) is 0 Å². The Bertz CT molecular complexity index is 181. The summed E-state index contributed by atoms with van der Waals surface area (Å²) in [6.07, 6.45) is 3.41. The van der Waals surface area contributed by atoms with Gasteiger partial charge in [0.25, 0.3) is 0 Å². The van der Waals surface area contributed by atoms with Gasteiger partial charge in [0.05, 0.1) is 0 Å². The third kappa shape index (κ3) is 2.10. The number of rotatable bonds is 2. The maximum Gasteiger partial charge on any atom is 0.0433 e. The largest absolute Gasteiger partial charge is 0.396 e. The van der Waals surface area contributed by atoms with Crippen LogP contribution in [-0.2, 0) is 0 Å². The normalized spacial score (nSPS) is 31.0. The number of aliphatic hydroxyl groups excluding tert-OH is 1. The van der Waals surface area contributed by atoms with Gasteiger partial charge in [-0.25, -0.2) is 0 Å². The third-order valence-electron chi connectivity index (χ3n) is 3.23. The Morgan fingerprint density at radius 1 is 1.25 bits per heavy atom. The van der Waals surface area contributed by atoms with Crippen molar-refractivity contribution in [2.45, 2.75) is 40.0 Å². The third-order valence-corrected chi connectivity index (χ3v) is 3.23. The van der Waals surface area contributed by atoms with Crippen molar-refractivity contribution >= 4 is 0 Å². The van der Waals surface area contributed by atoms with Crippen LogP contribution in [0.4, 0.5) is 0 Å². The molecule has 1 N–H and O–H groups in total. The van der Waals surface area contributed by atoms with Gasteiger partial charge in [0.2, 0.25) is 0 Å². The summed E-state index contributed by atoms with van der Waals surface area (Å²) in [4.78, 5) is 0. The second-order valence-electron chi connectivity index (χ2n) is 4.22. The summed E-state index contributed by atoms with van der Waals surface area (Å²) < 4.78 is 0.